The second-order valence-corrected chi connectivity index (χ2v) is 9.69. The van der Waals surface area contributed by atoms with E-state index in [9.17, 15) is 9.59 Å². The monoisotopic (exact) mass is 514 g/mol. The van der Waals surface area contributed by atoms with Crippen molar-refractivity contribution in [2.45, 2.75) is 0 Å². The van der Waals surface area contributed by atoms with Crippen LogP contribution in [0.5, 0.6) is 0 Å². The van der Waals surface area contributed by atoms with Gasteiger partial charge in [-0.15, -0.1) is 0 Å². The number of carbonyl (C=O) groups is 2. The Kier molecular flexibility index (Phi) is 6.98. The maximum atomic E-state index is 13.6. The van der Waals surface area contributed by atoms with Crippen molar-refractivity contribution in [3.8, 4) is 0 Å². The van der Waals surface area contributed by atoms with Gasteiger partial charge >= 0.3 is 0 Å². The summed E-state index contributed by atoms with van der Waals surface area (Å²) < 4.78 is 0. The van der Waals surface area contributed by atoms with Crippen LogP contribution in [0.1, 0.15) is 22.3 Å². The summed E-state index contributed by atoms with van der Waals surface area (Å²) in [6.45, 7) is 0. The van der Waals surface area contributed by atoms with Crippen molar-refractivity contribution >= 4 is 33.9 Å². The van der Waals surface area contributed by atoms with Gasteiger partial charge in [-0.05, 0) is 57.7 Å². The van der Waals surface area contributed by atoms with E-state index in [2.05, 4.69) is 0 Å². The van der Waals surface area contributed by atoms with Crippen LogP contribution in [-0.2, 0) is 9.59 Å². The van der Waals surface area contributed by atoms with Crippen LogP contribution in [0.4, 0.5) is 0 Å². The topological polar surface area (TPSA) is 34.1 Å². The van der Waals surface area contributed by atoms with Crippen LogP contribution >= 0.6 is 0 Å². The summed E-state index contributed by atoms with van der Waals surface area (Å²) in [5.41, 5.74) is 7.98. The number of hydrogen-bond donors (Lipinski definition) is 0. The van der Waals surface area contributed by atoms with Crippen LogP contribution in [0.15, 0.2) is 169 Å². The maximum absolute atomic E-state index is 13.6. The van der Waals surface area contributed by atoms with Crippen LogP contribution in [0.3, 0.4) is 0 Å². The van der Waals surface area contributed by atoms with Gasteiger partial charge in [-0.3, -0.25) is 9.59 Å². The molecular formula is C38H26O2. The summed E-state index contributed by atoms with van der Waals surface area (Å²) in [6, 6.07) is 39.1. The number of carbonyl (C=O) groups excluding carboxylic acids is 2. The van der Waals surface area contributed by atoms with E-state index in [1.54, 1.807) is 0 Å². The van der Waals surface area contributed by atoms with Crippen LogP contribution < -0.4 is 0 Å². The van der Waals surface area contributed by atoms with E-state index in [1.807, 2.05) is 158 Å². The van der Waals surface area contributed by atoms with E-state index < -0.39 is 0 Å². The number of Topliss-reactive ketones (excluding diaryl/α,β-unsaturated/α-hetero) is 2. The van der Waals surface area contributed by atoms with E-state index in [0.29, 0.717) is 22.3 Å². The summed E-state index contributed by atoms with van der Waals surface area (Å²) in [6.07, 6.45) is 11.8. The Bertz CT molecular complexity index is 1510. The number of hydrogen-bond acceptors (Lipinski definition) is 2. The molecule has 40 heavy (non-hydrogen) atoms. The predicted molar refractivity (Wildman–Crippen MR) is 164 cm³/mol. The normalized spacial score (nSPS) is 15.1. The molecule has 0 heterocycles. The fourth-order valence-corrected chi connectivity index (χ4v) is 5.02. The van der Waals surface area contributed by atoms with Crippen molar-refractivity contribution in [2.24, 2.45) is 0 Å². The Labute approximate surface area is 234 Å². The summed E-state index contributed by atoms with van der Waals surface area (Å²) in [5.74, 6) is 0.00553. The van der Waals surface area contributed by atoms with Gasteiger partial charge in [0, 0.05) is 22.3 Å². The van der Waals surface area contributed by atoms with Crippen LogP contribution in [0.2, 0.25) is 0 Å². The third kappa shape index (κ3) is 5.16. The molecule has 2 heteroatoms. The van der Waals surface area contributed by atoms with Gasteiger partial charge in [0.15, 0.2) is 11.6 Å². The maximum Gasteiger partial charge on any atom is 0.194 e. The predicted octanol–water partition coefficient (Wildman–Crippen LogP) is 8.34. The van der Waals surface area contributed by atoms with E-state index >= 15 is 0 Å². The van der Waals surface area contributed by atoms with Gasteiger partial charge < -0.3 is 0 Å². The molecular weight excluding hydrogens is 488 g/mol. The highest BCUT2D eigenvalue weighted by Gasteiger charge is 2.24. The third-order valence-electron chi connectivity index (χ3n) is 7.03. The molecule has 0 amide bonds. The molecule has 0 spiro atoms. The van der Waals surface area contributed by atoms with Crippen molar-refractivity contribution in [1.82, 2.24) is 0 Å². The lowest BCUT2D eigenvalue weighted by molar-refractivity contribution is -0.109. The second-order valence-electron chi connectivity index (χ2n) is 9.69. The van der Waals surface area contributed by atoms with Gasteiger partial charge in [0.2, 0.25) is 0 Å². The van der Waals surface area contributed by atoms with Crippen LogP contribution in [-0.4, -0.2) is 11.6 Å². The number of benzene rings is 4. The molecule has 4 aromatic rings. The lowest BCUT2D eigenvalue weighted by Gasteiger charge is -2.17. The molecule has 2 aliphatic rings. The SMILES string of the molecule is O=C1C(c2ccccc2)=CC(=CC=C2C=C(c3ccccc3)C(=O)C(c3ccccc3)=C2)C=C1c1ccccc1. The summed E-state index contributed by atoms with van der Waals surface area (Å²) in [7, 11) is 0. The third-order valence-corrected chi connectivity index (χ3v) is 7.03. The van der Waals surface area contributed by atoms with Crippen molar-refractivity contribution in [3.63, 3.8) is 0 Å². The van der Waals surface area contributed by atoms with E-state index in [1.165, 1.54) is 0 Å². The molecule has 0 unspecified atom stereocenters. The van der Waals surface area contributed by atoms with Gasteiger partial charge in [0.1, 0.15) is 0 Å². The van der Waals surface area contributed by atoms with Crippen molar-refractivity contribution in [2.75, 3.05) is 0 Å². The quantitative estimate of drug-likeness (QED) is 0.268. The lowest BCUT2D eigenvalue weighted by atomic mass is 9.85. The molecule has 0 aromatic heterocycles. The Morgan fingerprint density at radius 1 is 0.325 bits per heavy atom. The Balaban J connectivity index is 1.48. The molecule has 0 bridgehead atoms. The first kappa shape index (κ1) is 25.0. The number of allylic oxidation sites excluding steroid dienone is 12. The molecule has 2 aliphatic carbocycles. The first-order valence-electron chi connectivity index (χ1n) is 13.3. The number of ketones is 2. The highest BCUT2D eigenvalue weighted by Crippen LogP contribution is 2.34. The zero-order valence-corrected chi connectivity index (χ0v) is 21.8. The Morgan fingerprint density at radius 2 is 0.550 bits per heavy atom. The van der Waals surface area contributed by atoms with Gasteiger partial charge in [-0.25, -0.2) is 0 Å². The molecule has 0 radical (unpaired) electrons. The van der Waals surface area contributed by atoms with Gasteiger partial charge in [0.05, 0.1) is 0 Å². The van der Waals surface area contributed by atoms with Crippen molar-refractivity contribution in [1.29, 1.82) is 0 Å². The minimum Gasteiger partial charge on any atom is -0.289 e. The lowest BCUT2D eigenvalue weighted by Crippen LogP contribution is -2.10. The first-order valence-corrected chi connectivity index (χ1v) is 13.3. The number of rotatable bonds is 5. The summed E-state index contributed by atoms with van der Waals surface area (Å²) in [5, 5.41) is 0. The van der Waals surface area contributed by atoms with Gasteiger partial charge in [-0.1, -0.05) is 133 Å². The fraction of sp³-hybridized carbons (Fsp3) is 0. The zero-order chi connectivity index (χ0) is 27.3. The van der Waals surface area contributed by atoms with E-state index in [-0.39, 0.29) is 11.6 Å². The molecule has 4 aromatic carbocycles. The summed E-state index contributed by atoms with van der Waals surface area (Å²) >= 11 is 0. The van der Waals surface area contributed by atoms with Crippen molar-refractivity contribution < 1.29 is 9.59 Å². The van der Waals surface area contributed by atoms with Crippen LogP contribution in [0.25, 0.3) is 22.3 Å². The molecule has 0 fully saturated rings. The standard InChI is InChI=1S/C38H26O2/c39-37-33(29-13-5-1-6-14-29)23-27(24-34(37)30-15-7-2-8-16-30)21-22-28-25-35(31-17-9-3-10-18-31)38(40)36(26-28)32-19-11-4-12-20-32/h1-26H. The molecule has 0 N–H and O–H groups in total. The van der Waals surface area contributed by atoms with Crippen molar-refractivity contribution in [3.05, 3.63) is 191 Å². The molecule has 0 saturated heterocycles. The molecule has 0 aliphatic heterocycles. The summed E-state index contributed by atoms with van der Waals surface area (Å²) in [4.78, 5) is 27.2. The zero-order valence-electron chi connectivity index (χ0n) is 21.8. The highest BCUT2D eigenvalue weighted by atomic mass is 16.1. The molecule has 6 rings (SSSR count). The van der Waals surface area contributed by atoms with E-state index in [0.717, 1.165) is 33.4 Å². The smallest absolute Gasteiger partial charge is 0.194 e. The van der Waals surface area contributed by atoms with Crippen LogP contribution in [0, 0.1) is 0 Å². The minimum absolute atomic E-state index is 0.00276. The molecule has 0 atom stereocenters. The first-order chi connectivity index (χ1) is 19.7. The fourth-order valence-electron chi connectivity index (χ4n) is 5.02. The minimum atomic E-state index is 0.00276. The highest BCUT2D eigenvalue weighted by molar-refractivity contribution is 6.44. The van der Waals surface area contributed by atoms with Gasteiger partial charge in [0.25, 0.3) is 0 Å². The molecule has 2 nitrogen and oxygen atoms in total. The van der Waals surface area contributed by atoms with Gasteiger partial charge in [-0.2, -0.15) is 0 Å². The second kappa shape index (κ2) is 11.2. The average Bonchev–Trinajstić information content (AvgIpc) is 3.02. The average molecular weight is 515 g/mol. The van der Waals surface area contributed by atoms with E-state index in [4.69, 9.17) is 0 Å². The molecule has 0 saturated carbocycles. The molecule has 190 valence electrons. The largest absolute Gasteiger partial charge is 0.289 e. The Morgan fingerprint density at radius 3 is 0.775 bits per heavy atom. The Hall–Kier alpha value is -5.34.